The molecule has 0 N–H and O–H groups in total. The summed E-state index contributed by atoms with van der Waals surface area (Å²) in [5.41, 5.74) is 4.08. The molecule has 0 atom stereocenters. The van der Waals surface area contributed by atoms with Crippen molar-refractivity contribution < 1.29 is 0 Å². The molecule has 0 radical (unpaired) electrons. The third-order valence-corrected chi connectivity index (χ3v) is 4.45. The molecule has 0 aliphatic rings. The number of halogens is 3. The Bertz CT molecular complexity index is 776. The average Bonchev–Trinajstić information content (AvgIpc) is 2.70. The zero-order chi connectivity index (χ0) is 14.3. The minimum Gasteiger partial charge on any atom is -0.339 e. The van der Waals surface area contributed by atoms with E-state index in [0.717, 1.165) is 26.8 Å². The largest absolute Gasteiger partial charge is 0.339 e. The van der Waals surface area contributed by atoms with Crippen molar-refractivity contribution in [3.05, 3.63) is 62.3 Å². The average molecular weight is 370 g/mol. The topological polar surface area (TPSA) is 17.8 Å². The van der Waals surface area contributed by atoms with Crippen LogP contribution in [0.15, 0.2) is 41.0 Å². The zero-order valence-electron chi connectivity index (χ0n) is 10.7. The molecule has 2 heterocycles. The van der Waals surface area contributed by atoms with Crippen LogP contribution in [0.3, 0.4) is 0 Å². The number of pyridine rings is 1. The summed E-state index contributed by atoms with van der Waals surface area (Å²) in [7, 11) is 0. The molecule has 102 valence electrons. The van der Waals surface area contributed by atoms with E-state index in [0.29, 0.717) is 16.6 Å². The van der Waals surface area contributed by atoms with Crippen LogP contribution in [-0.2, 0) is 6.54 Å². The van der Waals surface area contributed by atoms with Crippen LogP contribution in [0.2, 0.25) is 10.0 Å². The van der Waals surface area contributed by atoms with Crippen LogP contribution in [0.5, 0.6) is 0 Å². The van der Waals surface area contributed by atoms with Gasteiger partial charge in [0.25, 0.3) is 0 Å². The lowest BCUT2D eigenvalue weighted by molar-refractivity contribution is 0.805. The van der Waals surface area contributed by atoms with Crippen molar-refractivity contribution >= 4 is 50.2 Å². The molecule has 0 amide bonds. The van der Waals surface area contributed by atoms with Gasteiger partial charge < -0.3 is 4.57 Å². The predicted octanol–water partition coefficient (Wildman–Crippen LogP) is 5.46. The standard InChI is InChI=1S/C15H11BrCl2N2/c1-9-5-14-15(6-10(16)7-19-14)20(9)8-11-12(17)3-2-4-13(11)18/h2-7H,8H2,1H3. The van der Waals surface area contributed by atoms with Crippen LogP contribution < -0.4 is 0 Å². The summed E-state index contributed by atoms with van der Waals surface area (Å²) >= 11 is 16.0. The molecule has 5 heteroatoms. The molecule has 0 bridgehead atoms. The Balaban J connectivity index is 2.15. The molecule has 2 aromatic heterocycles. The van der Waals surface area contributed by atoms with Crippen molar-refractivity contribution in [3.8, 4) is 0 Å². The molecule has 1 aromatic carbocycles. The van der Waals surface area contributed by atoms with E-state index in [1.807, 2.05) is 18.2 Å². The van der Waals surface area contributed by atoms with Gasteiger partial charge in [-0.25, -0.2) is 0 Å². The molecule has 20 heavy (non-hydrogen) atoms. The van der Waals surface area contributed by atoms with Crippen LogP contribution >= 0.6 is 39.1 Å². The highest BCUT2D eigenvalue weighted by atomic mass is 79.9. The van der Waals surface area contributed by atoms with Gasteiger partial charge in [0.05, 0.1) is 17.6 Å². The number of aromatic nitrogens is 2. The van der Waals surface area contributed by atoms with Crippen molar-refractivity contribution in [2.24, 2.45) is 0 Å². The van der Waals surface area contributed by atoms with Crippen molar-refractivity contribution in [1.82, 2.24) is 9.55 Å². The van der Waals surface area contributed by atoms with Gasteiger partial charge in [0.15, 0.2) is 0 Å². The van der Waals surface area contributed by atoms with Gasteiger partial charge in [-0.15, -0.1) is 0 Å². The molecule has 0 aliphatic carbocycles. The number of hydrogen-bond acceptors (Lipinski definition) is 1. The van der Waals surface area contributed by atoms with Gasteiger partial charge in [-0.1, -0.05) is 29.3 Å². The Morgan fingerprint density at radius 1 is 1.20 bits per heavy atom. The summed E-state index contributed by atoms with van der Waals surface area (Å²) in [5.74, 6) is 0. The van der Waals surface area contributed by atoms with Gasteiger partial charge in [0, 0.05) is 32.0 Å². The minimum absolute atomic E-state index is 0.631. The number of nitrogens with zero attached hydrogens (tertiary/aromatic N) is 2. The summed E-state index contributed by atoms with van der Waals surface area (Å²) < 4.78 is 3.12. The number of benzene rings is 1. The number of fused-ring (bicyclic) bond motifs is 1. The van der Waals surface area contributed by atoms with Crippen LogP contribution in [0, 0.1) is 6.92 Å². The van der Waals surface area contributed by atoms with Gasteiger partial charge in [-0.3, -0.25) is 4.98 Å². The van der Waals surface area contributed by atoms with E-state index in [-0.39, 0.29) is 0 Å². The summed E-state index contributed by atoms with van der Waals surface area (Å²) in [5, 5.41) is 1.36. The fraction of sp³-hybridized carbons (Fsp3) is 0.133. The number of aryl methyl sites for hydroxylation is 1. The summed E-state index contributed by atoms with van der Waals surface area (Å²) in [6.45, 7) is 2.69. The first-order chi connectivity index (χ1) is 9.56. The molecular formula is C15H11BrCl2N2. The van der Waals surface area contributed by atoms with Crippen molar-refractivity contribution in [3.63, 3.8) is 0 Å². The first kappa shape index (κ1) is 13.9. The van der Waals surface area contributed by atoms with Crippen molar-refractivity contribution in [1.29, 1.82) is 0 Å². The maximum atomic E-state index is 6.26. The lowest BCUT2D eigenvalue weighted by Crippen LogP contribution is -2.03. The van der Waals surface area contributed by atoms with E-state index >= 15 is 0 Å². The fourth-order valence-electron chi connectivity index (χ4n) is 2.28. The zero-order valence-corrected chi connectivity index (χ0v) is 13.8. The lowest BCUT2D eigenvalue weighted by atomic mass is 10.2. The maximum absolute atomic E-state index is 6.26. The molecule has 0 spiro atoms. The second kappa shape index (κ2) is 5.40. The van der Waals surface area contributed by atoms with Gasteiger partial charge in [-0.2, -0.15) is 0 Å². The number of rotatable bonds is 2. The second-order valence-corrected chi connectivity index (χ2v) is 6.36. The monoisotopic (exact) mass is 368 g/mol. The maximum Gasteiger partial charge on any atom is 0.0884 e. The third-order valence-electron chi connectivity index (χ3n) is 3.30. The lowest BCUT2D eigenvalue weighted by Gasteiger charge is -2.11. The molecule has 0 aliphatic heterocycles. The number of hydrogen-bond donors (Lipinski definition) is 0. The van der Waals surface area contributed by atoms with E-state index in [9.17, 15) is 0 Å². The van der Waals surface area contributed by atoms with E-state index in [1.54, 1.807) is 6.20 Å². The highest BCUT2D eigenvalue weighted by molar-refractivity contribution is 9.10. The third kappa shape index (κ3) is 2.46. The summed E-state index contributed by atoms with van der Waals surface area (Å²) in [6.07, 6.45) is 1.80. The highest BCUT2D eigenvalue weighted by Crippen LogP contribution is 2.28. The summed E-state index contributed by atoms with van der Waals surface area (Å²) in [6, 6.07) is 9.69. The van der Waals surface area contributed by atoms with Crippen molar-refractivity contribution in [2.75, 3.05) is 0 Å². The van der Waals surface area contributed by atoms with E-state index in [1.165, 1.54) is 0 Å². The second-order valence-electron chi connectivity index (χ2n) is 4.63. The molecule has 3 rings (SSSR count). The first-order valence-corrected chi connectivity index (χ1v) is 7.65. The van der Waals surface area contributed by atoms with Gasteiger partial charge in [0.1, 0.15) is 0 Å². The molecule has 0 unspecified atom stereocenters. The Labute approximate surface area is 135 Å². The first-order valence-electron chi connectivity index (χ1n) is 6.10. The van der Waals surface area contributed by atoms with E-state index in [4.69, 9.17) is 23.2 Å². The molecular weight excluding hydrogens is 359 g/mol. The quantitative estimate of drug-likeness (QED) is 0.586. The van der Waals surface area contributed by atoms with Crippen LogP contribution in [0.25, 0.3) is 11.0 Å². The predicted molar refractivity (Wildman–Crippen MR) is 87.7 cm³/mol. The van der Waals surface area contributed by atoms with E-state index in [2.05, 4.69) is 44.5 Å². The van der Waals surface area contributed by atoms with Crippen molar-refractivity contribution in [2.45, 2.75) is 13.5 Å². The van der Waals surface area contributed by atoms with Gasteiger partial charge in [0.2, 0.25) is 0 Å². The van der Waals surface area contributed by atoms with Crippen LogP contribution in [0.4, 0.5) is 0 Å². The Hall–Kier alpha value is -1.03. The summed E-state index contributed by atoms with van der Waals surface area (Å²) in [4.78, 5) is 4.42. The molecule has 0 saturated heterocycles. The minimum atomic E-state index is 0.631. The smallest absolute Gasteiger partial charge is 0.0884 e. The fourth-order valence-corrected chi connectivity index (χ4v) is 3.12. The van der Waals surface area contributed by atoms with Gasteiger partial charge >= 0.3 is 0 Å². The highest BCUT2D eigenvalue weighted by Gasteiger charge is 2.11. The molecule has 0 saturated carbocycles. The van der Waals surface area contributed by atoms with Gasteiger partial charge in [-0.05, 0) is 47.1 Å². The Morgan fingerprint density at radius 2 is 1.90 bits per heavy atom. The van der Waals surface area contributed by atoms with E-state index < -0.39 is 0 Å². The SMILES string of the molecule is Cc1cc2ncc(Br)cc2n1Cc1c(Cl)cccc1Cl. The normalized spacial score (nSPS) is 11.2. The van der Waals surface area contributed by atoms with Crippen LogP contribution in [0.1, 0.15) is 11.3 Å². The molecule has 2 nitrogen and oxygen atoms in total. The Kier molecular flexibility index (Phi) is 3.76. The molecule has 0 fully saturated rings. The van der Waals surface area contributed by atoms with Crippen LogP contribution in [-0.4, -0.2) is 9.55 Å². The molecule has 3 aromatic rings. The Morgan fingerprint density at radius 3 is 2.60 bits per heavy atom.